The van der Waals surface area contributed by atoms with E-state index >= 15 is 0 Å². The number of hydrogen-bond donors (Lipinski definition) is 0. The second-order valence-corrected chi connectivity index (χ2v) is 10.4. The van der Waals surface area contributed by atoms with E-state index in [0.29, 0.717) is 0 Å². The third-order valence-electron chi connectivity index (χ3n) is 6.73. The minimum Gasteiger partial charge on any atom is -0.236 e. The second kappa shape index (κ2) is 17.7. The Kier molecular flexibility index (Phi) is 14.8. The third kappa shape index (κ3) is 12.9. The lowest BCUT2D eigenvalue weighted by Crippen LogP contribution is -1.94. The lowest BCUT2D eigenvalue weighted by Gasteiger charge is -2.06. The van der Waals surface area contributed by atoms with Crippen molar-refractivity contribution in [3.05, 3.63) is 47.8 Å². The molecule has 2 rings (SSSR count). The van der Waals surface area contributed by atoms with Crippen molar-refractivity contribution in [1.82, 2.24) is 9.97 Å². The zero-order valence-electron chi connectivity index (χ0n) is 22.0. The largest absolute Gasteiger partial charge is 0.236 e. The van der Waals surface area contributed by atoms with Crippen LogP contribution >= 0.6 is 0 Å². The standard InChI is InChI=1S/C31H50N2/c1-4-5-6-7-8-9-13-16-19-28-21-23-30(24-22-28)31-32-25-29(26-33-31)20-17-14-11-10-12-15-18-27(2)3/h21-27H,4-20H2,1-3H3. The van der Waals surface area contributed by atoms with Gasteiger partial charge in [-0.05, 0) is 42.7 Å². The summed E-state index contributed by atoms with van der Waals surface area (Å²) >= 11 is 0. The molecule has 0 N–H and O–H groups in total. The summed E-state index contributed by atoms with van der Waals surface area (Å²) in [5.41, 5.74) is 3.83. The van der Waals surface area contributed by atoms with Gasteiger partial charge in [-0.3, -0.25) is 0 Å². The minimum absolute atomic E-state index is 0.850. The molecule has 2 heteroatoms. The predicted molar refractivity (Wildman–Crippen MR) is 145 cm³/mol. The highest BCUT2D eigenvalue weighted by Crippen LogP contribution is 2.18. The second-order valence-electron chi connectivity index (χ2n) is 10.4. The number of rotatable bonds is 19. The van der Waals surface area contributed by atoms with Crippen molar-refractivity contribution in [3.8, 4) is 11.4 Å². The summed E-state index contributed by atoms with van der Waals surface area (Å²) in [5.74, 6) is 1.70. The van der Waals surface area contributed by atoms with Gasteiger partial charge in [0.05, 0.1) is 0 Å². The molecule has 0 spiro atoms. The van der Waals surface area contributed by atoms with Gasteiger partial charge in [-0.1, -0.05) is 129 Å². The van der Waals surface area contributed by atoms with Crippen LogP contribution in [0.4, 0.5) is 0 Å². The molecule has 0 aliphatic carbocycles. The molecule has 33 heavy (non-hydrogen) atoms. The molecule has 1 aromatic carbocycles. The van der Waals surface area contributed by atoms with Crippen molar-refractivity contribution < 1.29 is 0 Å². The van der Waals surface area contributed by atoms with E-state index < -0.39 is 0 Å². The maximum absolute atomic E-state index is 4.64. The van der Waals surface area contributed by atoms with Gasteiger partial charge in [0.2, 0.25) is 0 Å². The molecule has 0 aliphatic rings. The first-order valence-corrected chi connectivity index (χ1v) is 14.1. The smallest absolute Gasteiger partial charge is 0.159 e. The molecule has 0 unspecified atom stereocenters. The van der Waals surface area contributed by atoms with Crippen LogP contribution in [0.1, 0.15) is 128 Å². The first kappa shape index (κ1) is 27.5. The van der Waals surface area contributed by atoms with Crippen LogP contribution in [-0.4, -0.2) is 9.97 Å². The molecular formula is C31H50N2. The lowest BCUT2D eigenvalue weighted by molar-refractivity contribution is 0.511. The van der Waals surface area contributed by atoms with Gasteiger partial charge < -0.3 is 0 Å². The maximum Gasteiger partial charge on any atom is 0.159 e. The van der Waals surface area contributed by atoms with Crippen molar-refractivity contribution in [3.63, 3.8) is 0 Å². The van der Waals surface area contributed by atoms with E-state index in [9.17, 15) is 0 Å². The number of nitrogens with zero attached hydrogens (tertiary/aromatic N) is 2. The number of aromatic nitrogens is 2. The Bertz CT molecular complexity index is 703. The first-order chi connectivity index (χ1) is 16.2. The molecule has 0 saturated heterocycles. The molecule has 1 aromatic heterocycles. The predicted octanol–water partition coefficient (Wildman–Crippen LogP) is 9.76. The van der Waals surface area contributed by atoms with E-state index in [-0.39, 0.29) is 0 Å². The van der Waals surface area contributed by atoms with E-state index in [4.69, 9.17) is 0 Å². The monoisotopic (exact) mass is 450 g/mol. The van der Waals surface area contributed by atoms with E-state index in [0.717, 1.165) is 23.7 Å². The first-order valence-electron chi connectivity index (χ1n) is 14.1. The molecule has 0 fully saturated rings. The average molecular weight is 451 g/mol. The molecule has 184 valence electrons. The summed E-state index contributed by atoms with van der Waals surface area (Å²) in [6.07, 6.45) is 26.9. The van der Waals surface area contributed by atoms with E-state index in [1.165, 1.54) is 114 Å². The van der Waals surface area contributed by atoms with Crippen LogP contribution in [-0.2, 0) is 12.8 Å². The summed E-state index contributed by atoms with van der Waals surface area (Å²) in [4.78, 5) is 9.28. The van der Waals surface area contributed by atoms with E-state index in [2.05, 4.69) is 55.0 Å². The van der Waals surface area contributed by atoms with Crippen molar-refractivity contribution in [2.75, 3.05) is 0 Å². The van der Waals surface area contributed by atoms with Crippen LogP contribution in [0.3, 0.4) is 0 Å². The lowest BCUT2D eigenvalue weighted by atomic mass is 10.0. The summed E-state index contributed by atoms with van der Waals surface area (Å²) in [6, 6.07) is 8.90. The SMILES string of the molecule is CCCCCCCCCCc1ccc(-c2ncc(CCCCCCCCC(C)C)cn2)cc1. The highest BCUT2D eigenvalue weighted by atomic mass is 14.9. The molecule has 0 aliphatic heterocycles. The van der Waals surface area contributed by atoms with Gasteiger partial charge in [0, 0.05) is 18.0 Å². The summed E-state index contributed by atoms with van der Waals surface area (Å²) < 4.78 is 0. The molecule has 0 amide bonds. The van der Waals surface area contributed by atoms with Crippen LogP contribution in [0.2, 0.25) is 0 Å². The number of aryl methyl sites for hydroxylation is 2. The Morgan fingerprint density at radius 3 is 1.61 bits per heavy atom. The molecule has 2 nitrogen and oxygen atoms in total. The summed E-state index contributed by atoms with van der Waals surface area (Å²) in [7, 11) is 0. The van der Waals surface area contributed by atoms with Crippen LogP contribution < -0.4 is 0 Å². The average Bonchev–Trinajstić information content (AvgIpc) is 2.83. The minimum atomic E-state index is 0.850. The zero-order chi connectivity index (χ0) is 23.6. The molecule has 2 aromatic rings. The third-order valence-corrected chi connectivity index (χ3v) is 6.73. The van der Waals surface area contributed by atoms with Gasteiger partial charge in [0.1, 0.15) is 0 Å². The molecule has 0 bridgehead atoms. The van der Waals surface area contributed by atoms with Gasteiger partial charge in [0.15, 0.2) is 5.82 Å². The topological polar surface area (TPSA) is 25.8 Å². The number of benzene rings is 1. The fraction of sp³-hybridized carbons (Fsp3) is 0.677. The Morgan fingerprint density at radius 1 is 0.576 bits per heavy atom. The molecular weight excluding hydrogens is 400 g/mol. The van der Waals surface area contributed by atoms with Crippen molar-refractivity contribution in [2.45, 2.75) is 130 Å². The Morgan fingerprint density at radius 2 is 1.06 bits per heavy atom. The molecule has 0 atom stereocenters. The number of hydrogen-bond acceptors (Lipinski definition) is 2. The molecule has 1 heterocycles. The van der Waals surface area contributed by atoms with Crippen LogP contribution in [0.15, 0.2) is 36.7 Å². The zero-order valence-corrected chi connectivity index (χ0v) is 22.0. The van der Waals surface area contributed by atoms with Gasteiger partial charge in [-0.2, -0.15) is 0 Å². The van der Waals surface area contributed by atoms with Gasteiger partial charge in [-0.15, -0.1) is 0 Å². The van der Waals surface area contributed by atoms with Gasteiger partial charge >= 0.3 is 0 Å². The maximum atomic E-state index is 4.64. The Labute approximate surface area is 205 Å². The van der Waals surface area contributed by atoms with Gasteiger partial charge in [-0.25, -0.2) is 9.97 Å². The Hall–Kier alpha value is -1.70. The van der Waals surface area contributed by atoms with Gasteiger partial charge in [0.25, 0.3) is 0 Å². The summed E-state index contributed by atoms with van der Waals surface area (Å²) in [5, 5.41) is 0. The normalized spacial score (nSPS) is 11.4. The van der Waals surface area contributed by atoms with E-state index in [1.54, 1.807) is 0 Å². The summed E-state index contributed by atoms with van der Waals surface area (Å²) in [6.45, 7) is 6.92. The number of unbranched alkanes of at least 4 members (excludes halogenated alkanes) is 12. The highest BCUT2D eigenvalue weighted by molar-refractivity contribution is 5.55. The fourth-order valence-corrected chi connectivity index (χ4v) is 4.51. The van der Waals surface area contributed by atoms with Crippen molar-refractivity contribution >= 4 is 0 Å². The van der Waals surface area contributed by atoms with Crippen LogP contribution in [0.5, 0.6) is 0 Å². The van der Waals surface area contributed by atoms with Crippen LogP contribution in [0, 0.1) is 5.92 Å². The molecule has 0 saturated carbocycles. The van der Waals surface area contributed by atoms with Crippen molar-refractivity contribution in [2.24, 2.45) is 5.92 Å². The van der Waals surface area contributed by atoms with Crippen LogP contribution in [0.25, 0.3) is 11.4 Å². The Balaban J connectivity index is 1.60. The van der Waals surface area contributed by atoms with Crippen molar-refractivity contribution in [1.29, 1.82) is 0 Å². The fourth-order valence-electron chi connectivity index (χ4n) is 4.51. The highest BCUT2D eigenvalue weighted by Gasteiger charge is 2.03. The molecule has 0 radical (unpaired) electrons. The quantitative estimate of drug-likeness (QED) is 0.199. The van der Waals surface area contributed by atoms with E-state index in [1.807, 2.05) is 12.4 Å².